The SMILES string of the molecule is CC(C)(N)CC(=O)NC(CC(=O)O)C1CC1. The smallest absolute Gasteiger partial charge is 0.305 e. The van der Waals surface area contributed by atoms with E-state index in [2.05, 4.69) is 5.32 Å². The first kappa shape index (κ1) is 13.0. The van der Waals surface area contributed by atoms with Crippen LogP contribution < -0.4 is 11.1 Å². The lowest BCUT2D eigenvalue weighted by Gasteiger charge is -2.21. The van der Waals surface area contributed by atoms with E-state index in [-0.39, 0.29) is 24.8 Å². The maximum absolute atomic E-state index is 11.6. The van der Waals surface area contributed by atoms with Crippen LogP contribution in [0.4, 0.5) is 0 Å². The molecule has 1 rings (SSSR count). The third-order valence-corrected chi connectivity index (χ3v) is 2.55. The minimum atomic E-state index is -0.871. The lowest BCUT2D eigenvalue weighted by atomic mass is 10.0. The summed E-state index contributed by atoms with van der Waals surface area (Å²) >= 11 is 0. The molecule has 1 unspecified atom stereocenters. The Hall–Kier alpha value is -1.10. The molecule has 0 spiro atoms. The lowest BCUT2D eigenvalue weighted by molar-refractivity contribution is -0.137. The Labute approximate surface area is 95.4 Å². The monoisotopic (exact) mass is 228 g/mol. The van der Waals surface area contributed by atoms with Gasteiger partial charge in [-0.1, -0.05) is 0 Å². The number of carbonyl (C=O) groups is 2. The molecular weight excluding hydrogens is 208 g/mol. The molecule has 1 fully saturated rings. The Balaban J connectivity index is 2.42. The van der Waals surface area contributed by atoms with Gasteiger partial charge in [-0.2, -0.15) is 0 Å². The van der Waals surface area contributed by atoms with Gasteiger partial charge < -0.3 is 16.2 Å². The number of nitrogens with one attached hydrogen (secondary N) is 1. The molecule has 1 saturated carbocycles. The van der Waals surface area contributed by atoms with E-state index in [1.165, 1.54) is 0 Å². The molecule has 1 aliphatic carbocycles. The minimum absolute atomic E-state index is 0.00140. The highest BCUT2D eigenvalue weighted by Gasteiger charge is 2.34. The van der Waals surface area contributed by atoms with Crippen LogP contribution in [0.2, 0.25) is 0 Å². The zero-order valence-corrected chi connectivity index (χ0v) is 9.82. The normalized spacial score (nSPS) is 17.9. The van der Waals surface area contributed by atoms with E-state index in [0.717, 1.165) is 12.8 Å². The van der Waals surface area contributed by atoms with E-state index in [0.29, 0.717) is 5.92 Å². The predicted octanol–water partition coefficient (Wildman–Crippen LogP) is 0.483. The van der Waals surface area contributed by atoms with Crippen molar-refractivity contribution in [2.75, 3.05) is 0 Å². The Morgan fingerprint density at radius 1 is 1.50 bits per heavy atom. The van der Waals surface area contributed by atoms with Crippen LogP contribution in [0.5, 0.6) is 0 Å². The molecule has 0 radical (unpaired) electrons. The summed E-state index contributed by atoms with van der Waals surface area (Å²) < 4.78 is 0. The summed E-state index contributed by atoms with van der Waals surface area (Å²) in [5.41, 5.74) is 5.17. The van der Waals surface area contributed by atoms with E-state index < -0.39 is 11.5 Å². The average molecular weight is 228 g/mol. The molecule has 5 heteroatoms. The Morgan fingerprint density at radius 3 is 2.44 bits per heavy atom. The molecular formula is C11H20N2O3. The molecule has 0 aromatic heterocycles. The van der Waals surface area contributed by atoms with Crippen molar-refractivity contribution in [1.82, 2.24) is 5.32 Å². The van der Waals surface area contributed by atoms with Crippen LogP contribution in [-0.2, 0) is 9.59 Å². The minimum Gasteiger partial charge on any atom is -0.481 e. The third kappa shape index (κ3) is 5.11. The molecule has 4 N–H and O–H groups in total. The molecule has 1 aliphatic rings. The number of carbonyl (C=O) groups excluding carboxylic acids is 1. The van der Waals surface area contributed by atoms with Crippen LogP contribution in [0.3, 0.4) is 0 Å². The zero-order chi connectivity index (χ0) is 12.3. The van der Waals surface area contributed by atoms with Crippen LogP contribution in [0.25, 0.3) is 0 Å². The van der Waals surface area contributed by atoms with Crippen molar-refractivity contribution in [2.24, 2.45) is 11.7 Å². The van der Waals surface area contributed by atoms with Gasteiger partial charge in [0.05, 0.1) is 6.42 Å². The van der Waals surface area contributed by atoms with Crippen LogP contribution in [0.1, 0.15) is 39.5 Å². The fourth-order valence-corrected chi connectivity index (χ4v) is 1.69. The molecule has 0 saturated heterocycles. The van der Waals surface area contributed by atoms with Gasteiger partial charge in [0, 0.05) is 18.0 Å². The molecule has 0 aliphatic heterocycles. The first-order valence-electron chi connectivity index (χ1n) is 5.58. The number of nitrogens with two attached hydrogens (primary N) is 1. The summed E-state index contributed by atoms with van der Waals surface area (Å²) in [6.45, 7) is 3.55. The van der Waals surface area contributed by atoms with Crippen molar-refractivity contribution in [1.29, 1.82) is 0 Å². The van der Waals surface area contributed by atoms with E-state index >= 15 is 0 Å². The van der Waals surface area contributed by atoms with Crippen molar-refractivity contribution < 1.29 is 14.7 Å². The predicted molar refractivity (Wildman–Crippen MR) is 59.8 cm³/mol. The van der Waals surface area contributed by atoms with Gasteiger partial charge >= 0.3 is 5.97 Å². The van der Waals surface area contributed by atoms with Crippen LogP contribution >= 0.6 is 0 Å². The van der Waals surface area contributed by atoms with Crippen molar-refractivity contribution in [3.8, 4) is 0 Å². The molecule has 1 atom stereocenters. The highest BCUT2D eigenvalue weighted by molar-refractivity contribution is 5.78. The van der Waals surface area contributed by atoms with Gasteiger partial charge in [-0.15, -0.1) is 0 Å². The second-order valence-corrected chi connectivity index (χ2v) is 5.27. The number of carboxylic acids is 1. The lowest BCUT2D eigenvalue weighted by Crippen LogP contribution is -2.44. The number of carboxylic acid groups (broad SMARTS) is 1. The van der Waals surface area contributed by atoms with E-state index in [1.807, 2.05) is 0 Å². The van der Waals surface area contributed by atoms with Gasteiger partial charge in [-0.25, -0.2) is 0 Å². The second kappa shape index (κ2) is 4.82. The Kier molecular flexibility index (Phi) is 3.91. The fraction of sp³-hybridized carbons (Fsp3) is 0.818. The number of hydrogen-bond donors (Lipinski definition) is 3. The van der Waals surface area contributed by atoms with Gasteiger partial charge in [0.15, 0.2) is 0 Å². The molecule has 0 aromatic carbocycles. The van der Waals surface area contributed by atoms with Gasteiger partial charge in [0.1, 0.15) is 0 Å². The molecule has 0 heterocycles. The Morgan fingerprint density at radius 2 is 2.06 bits per heavy atom. The number of rotatable bonds is 6. The zero-order valence-electron chi connectivity index (χ0n) is 9.82. The topological polar surface area (TPSA) is 92.4 Å². The van der Waals surface area contributed by atoms with Gasteiger partial charge in [0.25, 0.3) is 0 Å². The molecule has 16 heavy (non-hydrogen) atoms. The van der Waals surface area contributed by atoms with Crippen molar-refractivity contribution in [3.05, 3.63) is 0 Å². The van der Waals surface area contributed by atoms with E-state index in [4.69, 9.17) is 10.8 Å². The quantitative estimate of drug-likeness (QED) is 0.616. The number of hydrogen-bond acceptors (Lipinski definition) is 3. The van der Waals surface area contributed by atoms with Crippen molar-refractivity contribution in [3.63, 3.8) is 0 Å². The molecule has 0 bridgehead atoms. The third-order valence-electron chi connectivity index (χ3n) is 2.55. The summed E-state index contributed by atoms with van der Waals surface area (Å²) in [6, 6.07) is -0.229. The van der Waals surface area contributed by atoms with Gasteiger partial charge in [-0.05, 0) is 32.6 Å². The summed E-state index contributed by atoms with van der Waals surface area (Å²) in [6.07, 6.45) is 2.23. The summed E-state index contributed by atoms with van der Waals surface area (Å²) in [5, 5.41) is 11.5. The standard InChI is InChI=1S/C11H20N2O3/c1-11(2,12)6-9(14)13-8(5-10(15)16)7-3-4-7/h7-8H,3-6,12H2,1-2H3,(H,13,14)(H,15,16). The maximum Gasteiger partial charge on any atom is 0.305 e. The van der Waals surface area contributed by atoms with Crippen molar-refractivity contribution in [2.45, 2.75) is 51.1 Å². The van der Waals surface area contributed by atoms with E-state index in [1.54, 1.807) is 13.8 Å². The summed E-state index contributed by atoms with van der Waals surface area (Å²) in [7, 11) is 0. The summed E-state index contributed by atoms with van der Waals surface area (Å²) in [5.74, 6) is -0.698. The molecule has 0 aromatic rings. The first-order chi connectivity index (χ1) is 7.28. The highest BCUT2D eigenvalue weighted by atomic mass is 16.4. The highest BCUT2D eigenvalue weighted by Crippen LogP contribution is 2.34. The fourth-order valence-electron chi connectivity index (χ4n) is 1.69. The van der Waals surface area contributed by atoms with Crippen LogP contribution in [0.15, 0.2) is 0 Å². The molecule has 92 valence electrons. The summed E-state index contributed by atoms with van der Waals surface area (Å²) in [4.78, 5) is 22.2. The molecule has 5 nitrogen and oxygen atoms in total. The Bertz CT molecular complexity index is 279. The molecule has 1 amide bonds. The first-order valence-corrected chi connectivity index (χ1v) is 5.58. The van der Waals surface area contributed by atoms with E-state index in [9.17, 15) is 9.59 Å². The number of amides is 1. The maximum atomic E-state index is 11.6. The van der Waals surface area contributed by atoms with Crippen molar-refractivity contribution >= 4 is 11.9 Å². The number of aliphatic carboxylic acids is 1. The van der Waals surface area contributed by atoms with Crippen LogP contribution in [-0.4, -0.2) is 28.6 Å². The van der Waals surface area contributed by atoms with Crippen LogP contribution in [0, 0.1) is 5.92 Å². The van der Waals surface area contributed by atoms with Gasteiger partial charge in [0.2, 0.25) is 5.91 Å². The largest absolute Gasteiger partial charge is 0.481 e. The average Bonchev–Trinajstić information content (AvgIpc) is 2.78. The second-order valence-electron chi connectivity index (χ2n) is 5.27. The van der Waals surface area contributed by atoms with Gasteiger partial charge in [-0.3, -0.25) is 9.59 Å².